The van der Waals surface area contributed by atoms with Gasteiger partial charge in [-0.1, -0.05) is 6.08 Å². The fourth-order valence-electron chi connectivity index (χ4n) is 2.55. The van der Waals surface area contributed by atoms with E-state index < -0.39 is 23.3 Å². The average Bonchev–Trinajstić information content (AvgIpc) is 2.79. The highest BCUT2D eigenvalue weighted by atomic mass is 16.6. The third-order valence-electron chi connectivity index (χ3n) is 3.53. The van der Waals surface area contributed by atoms with E-state index in [0.29, 0.717) is 0 Å². The van der Waals surface area contributed by atoms with Crippen molar-refractivity contribution in [2.45, 2.75) is 26.7 Å². The SMILES string of the molecule is C=C[C@@H]1CC(C(=O)OCC)(C(=O)OCC)C[C@H]1C=O. The molecule has 2 atom stereocenters. The van der Waals surface area contributed by atoms with E-state index in [2.05, 4.69) is 6.58 Å². The first-order valence-electron chi connectivity index (χ1n) is 6.48. The van der Waals surface area contributed by atoms with Gasteiger partial charge in [0.1, 0.15) is 6.29 Å². The maximum Gasteiger partial charge on any atom is 0.323 e. The van der Waals surface area contributed by atoms with Crippen LogP contribution in [0.25, 0.3) is 0 Å². The molecule has 0 aromatic carbocycles. The van der Waals surface area contributed by atoms with Crippen molar-refractivity contribution in [1.82, 2.24) is 0 Å². The summed E-state index contributed by atoms with van der Waals surface area (Å²) in [6.07, 6.45) is 2.73. The second-order valence-electron chi connectivity index (χ2n) is 4.63. The molecular formula is C14H20O5. The van der Waals surface area contributed by atoms with Gasteiger partial charge in [-0.2, -0.15) is 0 Å². The van der Waals surface area contributed by atoms with E-state index in [1.807, 2.05) is 0 Å². The highest BCUT2D eigenvalue weighted by Crippen LogP contribution is 2.47. The summed E-state index contributed by atoms with van der Waals surface area (Å²) >= 11 is 0. The lowest BCUT2D eigenvalue weighted by atomic mass is 9.85. The van der Waals surface area contributed by atoms with Crippen LogP contribution in [-0.4, -0.2) is 31.4 Å². The summed E-state index contributed by atoms with van der Waals surface area (Å²) in [5, 5.41) is 0. The lowest BCUT2D eigenvalue weighted by Gasteiger charge is -2.24. The minimum atomic E-state index is -1.36. The van der Waals surface area contributed by atoms with E-state index in [9.17, 15) is 14.4 Å². The molecule has 19 heavy (non-hydrogen) atoms. The Morgan fingerprint density at radius 3 is 1.95 bits per heavy atom. The van der Waals surface area contributed by atoms with Crippen molar-refractivity contribution in [2.24, 2.45) is 17.3 Å². The summed E-state index contributed by atoms with van der Waals surface area (Å²) in [4.78, 5) is 35.3. The van der Waals surface area contributed by atoms with Crippen molar-refractivity contribution in [1.29, 1.82) is 0 Å². The topological polar surface area (TPSA) is 69.7 Å². The van der Waals surface area contributed by atoms with Gasteiger partial charge in [0.15, 0.2) is 5.41 Å². The van der Waals surface area contributed by atoms with E-state index in [4.69, 9.17) is 9.47 Å². The van der Waals surface area contributed by atoms with Crippen LogP contribution >= 0.6 is 0 Å². The van der Waals surface area contributed by atoms with Gasteiger partial charge in [0.25, 0.3) is 0 Å². The normalized spacial score (nSPS) is 24.5. The van der Waals surface area contributed by atoms with E-state index in [-0.39, 0.29) is 32.0 Å². The number of carbonyl (C=O) groups excluding carboxylic acids is 3. The number of aldehydes is 1. The Hall–Kier alpha value is -1.65. The second kappa shape index (κ2) is 6.50. The van der Waals surface area contributed by atoms with Crippen molar-refractivity contribution in [3.63, 3.8) is 0 Å². The molecule has 0 aliphatic heterocycles. The molecule has 0 radical (unpaired) electrons. The van der Waals surface area contributed by atoms with Crippen LogP contribution in [0.15, 0.2) is 12.7 Å². The van der Waals surface area contributed by atoms with Crippen LogP contribution in [0.2, 0.25) is 0 Å². The zero-order valence-corrected chi connectivity index (χ0v) is 11.4. The Kier molecular flexibility index (Phi) is 5.27. The largest absolute Gasteiger partial charge is 0.465 e. The molecule has 0 amide bonds. The first kappa shape index (κ1) is 15.4. The van der Waals surface area contributed by atoms with Crippen molar-refractivity contribution in [3.8, 4) is 0 Å². The second-order valence-corrected chi connectivity index (χ2v) is 4.63. The quantitative estimate of drug-likeness (QED) is 0.316. The lowest BCUT2D eigenvalue weighted by Crippen LogP contribution is -2.40. The maximum atomic E-state index is 12.1. The average molecular weight is 268 g/mol. The van der Waals surface area contributed by atoms with E-state index >= 15 is 0 Å². The van der Waals surface area contributed by atoms with Gasteiger partial charge in [0, 0.05) is 5.92 Å². The molecule has 0 unspecified atom stereocenters. The summed E-state index contributed by atoms with van der Waals surface area (Å²) in [6, 6.07) is 0. The Bertz CT molecular complexity index is 338. The molecule has 1 saturated carbocycles. The first-order chi connectivity index (χ1) is 9.05. The third kappa shape index (κ3) is 2.85. The number of esters is 2. The van der Waals surface area contributed by atoms with Crippen molar-refractivity contribution in [2.75, 3.05) is 13.2 Å². The third-order valence-corrected chi connectivity index (χ3v) is 3.53. The minimum Gasteiger partial charge on any atom is -0.465 e. The van der Waals surface area contributed by atoms with Crippen LogP contribution < -0.4 is 0 Å². The number of hydrogen-bond acceptors (Lipinski definition) is 5. The first-order valence-corrected chi connectivity index (χ1v) is 6.48. The molecule has 0 saturated heterocycles. The van der Waals surface area contributed by atoms with Gasteiger partial charge in [-0.05, 0) is 32.6 Å². The molecule has 0 N–H and O–H groups in total. The Morgan fingerprint density at radius 2 is 1.63 bits per heavy atom. The predicted octanol–water partition coefficient (Wildman–Crippen LogP) is 1.51. The van der Waals surface area contributed by atoms with E-state index in [1.54, 1.807) is 19.9 Å². The molecule has 5 nitrogen and oxygen atoms in total. The van der Waals surface area contributed by atoms with Crippen LogP contribution in [0.5, 0.6) is 0 Å². The molecule has 106 valence electrons. The Labute approximate surface area is 112 Å². The molecule has 0 bridgehead atoms. The Balaban J connectivity index is 3.07. The molecule has 0 spiro atoms. The predicted molar refractivity (Wildman–Crippen MR) is 68.2 cm³/mol. The molecular weight excluding hydrogens is 248 g/mol. The van der Waals surface area contributed by atoms with Crippen LogP contribution in [0.1, 0.15) is 26.7 Å². The highest BCUT2D eigenvalue weighted by Gasteiger charge is 2.56. The molecule has 5 heteroatoms. The fourth-order valence-corrected chi connectivity index (χ4v) is 2.55. The summed E-state index contributed by atoms with van der Waals surface area (Å²) in [6.45, 7) is 7.37. The number of ether oxygens (including phenoxy) is 2. The summed E-state index contributed by atoms with van der Waals surface area (Å²) in [5.74, 6) is -1.81. The number of carbonyl (C=O) groups is 3. The molecule has 1 aliphatic rings. The van der Waals surface area contributed by atoms with Crippen molar-refractivity contribution in [3.05, 3.63) is 12.7 Å². The van der Waals surface area contributed by atoms with Crippen molar-refractivity contribution < 1.29 is 23.9 Å². The standard InChI is InChI=1S/C14H20O5/c1-4-10-7-14(8-11(10)9-15,12(16)18-5-2)13(17)19-6-3/h4,9-11H,1,5-8H2,2-3H3/t10-,11+/m1/s1. The zero-order chi connectivity index (χ0) is 14.5. The van der Waals surface area contributed by atoms with E-state index in [1.165, 1.54) is 0 Å². The molecule has 1 rings (SSSR count). The van der Waals surface area contributed by atoms with Gasteiger partial charge in [-0.15, -0.1) is 6.58 Å². The van der Waals surface area contributed by atoms with E-state index in [0.717, 1.165) is 6.29 Å². The number of rotatable bonds is 6. The highest BCUT2D eigenvalue weighted by molar-refractivity contribution is 6.01. The maximum absolute atomic E-state index is 12.1. The van der Waals surface area contributed by atoms with Crippen LogP contribution in [0.4, 0.5) is 0 Å². The fraction of sp³-hybridized carbons (Fsp3) is 0.643. The summed E-state index contributed by atoms with van der Waals surface area (Å²) in [5.41, 5.74) is -1.36. The Morgan fingerprint density at radius 1 is 1.16 bits per heavy atom. The van der Waals surface area contributed by atoms with Gasteiger partial charge >= 0.3 is 11.9 Å². The summed E-state index contributed by atoms with van der Waals surface area (Å²) in [7, 11) is 0. The van der Waals surface area contributed by atoms with Gasteiger partial charge in [-0.25, -0.2) is 0 Å². The monoisotopic (exact) mass is 268 g/mol. The summed E-state index contributed by atoms with van der Waals surface area (Å²) < 4.78 is 9.98. The molecule has 1 aliphatic carbocycles. The zero-order valence-electron chi connectivity index (χ0n) is 11.4. The minimum absolute atomic E-state index is 0.130. The van der Waals surface area contributed by atoms with Crippen molar-refractivity contribution >= 4 is 18.2 Å². The number of hydrogen-bond donors (Lipinski definition) is 0. The molecule has 0 aromatic heterocycles. The van der Waals surface area contributed by atoms with Gasteiger partial charge in [0.2, 0.25) is 0 Å². The lowest BCUT2D eigenvalue weighted by molar-refractivity contribution is -0.171. The van der Waals surface area contributed by atoms with Crippen LogP contribution in [0.3, 0.4) is 0 Å². The molecule has 1 fully saturated rings. The van der Waals surface area contributed by atoms with Crippen LogP contribution in [-0.2, 0) is 23.9 Å². The number of allylic oxidation sites excluding steroid dienone is 1. The smallest absolute Gasteiger partial charge is 0.323 e. The van der Waals surface area contributed by atoms with Gasteiger partial charge in [-0.3, -0.25) is 9.59 Å². The van der Waals surface area contributed by atoms with Gasteiger partial charge < -0.3 is 14.3 Å². The van der Waals surface area contributed by atoms with Gasteiger partial charge in [0.05, 0.1) is 13.2 Å². The molecule has 0 aromatic rings. The molecule has 0 heterocycles. The van der Waals surface area contributed by atoms with Crippen LogP contribution in [0, 0.1) is 17.3 Å².